The Hall–Kier alpha value is -3.75. The summed E-state index contributed by atoms with van der Waals surface area (Å²) in [7, 11) is 0. The Morgan fingerprint density at radius 3 is 2.48 bits per heavy atom. The van der Waals surface area contributed by atoms with Crippen molar-refractivity contribution in [3.8, 4) is 5.75 Å². The van der Waals surface area contributed by atoms with Crippen LogP contribution in [0.2, 0.25) is 0 Å². The van der Waals surface area contributed by atoms with E-state index in [2.05, 4.69) is 21.0 Å². The van der Waals surface area contributed by atoms with E-state index in [9.17, 15) is 18.8 Å². The molecule has 3 rings (SSSR count). The number of halogens is 1. The molecule has 1 heterocycles. The monoisotopic (exact) mass is 370 g/mol. The minimum atomic E-state index is -1.07. The Morgan fingerprint density at radius 2 is 1.74 bits per heavy atom. The number of hydrazine groups is 1. The van der Waals surface area contributed by atoms with Gasteiger partial charge in [-0.3, -0.25) is 25.2 Å². The van der Waals surface area contributed by atoms with Crippen LogP contribution in [0.15, 0.2) is 53.3 Å². The van der Waals surface area contributed by atoms with Gasteiger partial charge in [-0.05, 0) is 25.1 Å². The SMILES string of the molecule is C[C@@H](Oc1ccccc1F)C(=O)NNC(=O)c1n[nH]c(=O)c2ccccc12. The van der Waals surface area contributed by atoms with Crippen LogP contribution in [-0.4, -0.2) is 28.1 Å². The number of rotatable bonds is 4. The van der Waals surface area contributed by atoms with Gasteiger partial charge in [-0.1, -0.05) is 30.3 Å². The number of ether oxygens (including phenoxy) is 1. The average Bonchev–Trinajstić information content (AvgIpc) is 2.68. The molecule has 0 saturated heterocycles. The summed E-state index contributed by atoms with van der Waals surface area (Å²) in [6.45, 7) is 1.40. The molecule has 0 spiro atoms. The van der Waals surface area contributed by atoms with Gasteiger partial charge < -0.3 is 4.74 Å². The largest absolute Gasteiger partial charge is 0.478 e. The van der Waals surface area contributed by atoms with Crippen molar-refractivity contribution in [2.75, 3.05) is 0 Å². The van der Waals surface area contributed by atoms with E-state index in [0.717, 1.165) is 0 Å². The molecule has 0 bridgehead atoms. The normalized spacial score (nSPS) is 11.6. The van der Waals surface area contributed by atoms with E-state index in [4.69, 9.17) is 4.74 Å². The molecule has 0 radical (unpaired) electrons. The smallest absolute Gasteiger partial charge is 0.290 e. The van der Waals surface area contributed by atoms with Crippen molar-refractivity contribution in [2.45, 2.75) is 13.0 Å². The zero-order valence-electron chi connectivity index (χ0n) is 14.2. The van der Waals surface area contributed by atoms with Crippen molar-refractivity contribution < 1.29 is 18.7 Å². The van der Waals surface area contributed by atoms with Crippen LogP contribution in [-0.2, 0) is 4.79 Å². The zero-order chi connectivity index (χ0) is 19.4. The highest BCUT2D eigenvalue weighted by atomic mass is 19.1. The minimum Gasteiger partial charge on any atom is -0.478 e. The first-order valence-corrected chi connectivity index (χ1v) is 7.96. The highest BCUT2D eigenvalue weighted by molar-refractivity contribution is 6.05. The number of nitrogens with one attached hydrogen (secondary N) is 3. The molecule has 2 amide bonds. The average molecular weight is 370 g/mol. The fraction of sp³-hybridized carbons (Fsp3) is 0.111. The molecule has 0 aliphatic rings. The van der Waals surface area contributed by atoms with Gasteiger partial charge in [0.2, 0.25) is 0 Å². The number of carbonyl (C=O) groups excluding carboxylic acids is 2. The maximum absolute atomic E-state index is 13.6. The van der Waals surface area contributed by atoms with E-state index in [1.807, 2.05) is 0 Å². The number of benzene rings is 2. The van der Waals surface area contributed by atoms with E-state index in [1.54, 1.807) is 30.3 Å². The Kier molecular flexibility index (Phi) is 5.11. The van der Waals surface area contributed by atoms with Gasteiger partial charge in [0.1, 0.15) is 0 Å². The van der Waals surface area contributed by atoms with E-state index >= 15 is 0 Å². The molecule has 0 aliphatic heterocycles. The third-order valence-electron chi connectivity index (χ3n) is 3.72. The van der Waals surface area contributed by atoms with Gasteiger partial charge in [0.25, 0.3) is 17.4 Å². The first-order valence-electron chi connectivity index (χ1n) is 7.96. The molecule has 27 heavy (non-hydrogen) atoms. The summed E-state index contributed by atoms with van der Waals surface area (Å²) in [6.07, 6.45) is -1.07. The number of para-hydroxylation sites is 1. The van der Waals surface area contributed by atoms with Gasteiger partial charge in [0.05, 0.1) is 5.39 Å². The number of aromatic nitrogens is 2. The van der Waals surface area contributed by atoms with Crippen LogP contribution >= 0.6 is 0 Å². The molecule has 138 valence electrons. The fourth-order valence-electron chi connectivity index (χ4n) is 2.35. The third-order valence-corrected chi connectivity index (χ3v) is 3.72. The van der Waals surface area contributed by atoms with Crippen LogP contribution < -0.4 is 21.1 Å². The summed E-state index contributed by atoms with van der Waals surface area (Å²) < 4.78 is 18.8. The molecular formula is C18H15FN4O4. The van der Waals surface area contributed by atoms with Crippen molar-refractivity contribution in [1.29, 1.82) is 0 Å². The van der Waals surface area contributed by atoms with Crippen LogP contribution in [0.3, 0.4) is 0 Å². The van der Waals surface area contributed by atoms with Crippen LogP contribution in [0.25, 0.3) is 10.8 Å². The number of hydrogen-bond acceptors (Lipinski definition) is 5. The maximum Gasteiger partial charge on any atom is 0.290 e. The topological polar surface area (TPSA) is 113 Å². The Balaban J connectivity index is 1.67. The van der Waals surface area contributed by atoms with Gasteiger partial charge in [0.15, 0.2) is 23.4 Å². The van der Waals surface area contributed by atoms with Gasteiger partial charge in [-0.2, -0.15) is 5.10 Å². The number of carbonyl (C=O) groups is 2. The lowest BCUT2D eigenvalue weighted by Gasteiger charge is -2.15. The molecule has 1 atom stereocenters. The number of aromatic amines is 1. The van der Waals surface area contributed by atoms with Crippen molar-refractivity contribution in [2.24, 2.45) is 0 Å². The van der Waals surface area contributed by atoms with Crippen molar-refractivity contribution in [3.05, 3.63) is 70.4 Å². The summed E-state index contributed by atoms with van der Waals surface area (Å²) in [5.74, 6) is -2.11. The predicted molar refractivity (Wildman–Crippen MR) is 94.5 cm³/mol. The second kappa shape index (κ2) is 7.65. The number of nitrogens with zero attached hydrogens (tertiary/aromatic N) is 1. The number of hydrogen-bond donors (Lipinski definition) is 3. The third kappa shape index (κ3) is 3.92. The minimum absolute atomic E-state index is 0.0619. The quantitative estimate of drug-likeness (QED) is 0.599. The van der Waals surface area contributed by atoms with E-state index in [-0.39, 0.29) is 11.4 Å². The van der Waals surface area contributed by atoms with Crippen LogP contribution in [0.5, 0.6) is 5.75 Å². The summed E-state index contributed by atoms with van der Waals surface area (Å²) in [5, 5.41) is 6.58. The van der Waals surface area contributed by atoms with Crippen molar-refractivity contribution >= 4 is 22.6 Å². The number of amides is 2. The van der Waals surface area contributed by atoms with Crippen molar-refractivity contribution in [3.63, 3.8) is 0 Å². The second-order valence-electron chi connectivity index (χ2n) is 5.58. The van der Waals surface area contributed by atoms with Gasteiger partial charge >= 0.3 is 0 Å². The Morgan fingerprint density at radius 1 is 1.07 bits per heavy atom. The zero-order valence-corrected chi connectivity index (χ0v) is 14.2. The number of fused-ring (bicyclic) bond motifs is 1. The van der Waals surface area contributed by atoms with Gasteiger partial charge in [-0.15, -0.1) is 0 Å². The fourth-order valence-corrected chi connectivity index (χ4v) is 2.35. The standard InChI is InChI=1S/C18H15FN4O4/c1-10(27-14-9-5-4-8-13(14)19)16(24)21-23-18(26)15-11-6-2-3-7-12(11)17(25)22-20-15/h2-10H,1H3,(H,21,24)(H,22,25)(H,23,26)/t10-/m1/s1. The van der Waals surface area contributed by atoms with E-state index in [0.29, 0.717) is 10.8 Å². The highest BCUT2D eigenvalue weighted by Crippen LogP contribution is 2.17. The van der Waals surface area contributed by atoms with E-state index in [1.165, 1.54) is 25.1 Å². The number of H-pyrrole nitrogens is 1. The predicted octanol–water partition coefficient (Wildman–Crippen LogP) is 1.29. The molecule has 0 fully saturated rings. The molecule has 2 aromatic carbocycles. The lowest BCUT2D eigenvalue weighted by molar-refractivity contribution is -0.128. The maximum atomic E-state index is 13.6. The molecule has 3 N–H and O–H groups in total. The summed E-state index contributed by atoms with van der Waals surface area (Å²) in [4.78, 5) is 36.1. The summed E-state index contributed by atoms with van der Waals surface area (Å²) in [5.41, 5.74) is 3.88. The molecule has 0 aliphatic carbocycles. The van der Waals surface area contributed by atoms with Gasteiger partial charge in [-0.25, -0.2) is 9.49 Å². The summed E-state index contributed by atoms with van der Waals surface area (Å²) >= 11 is 0. The second-order valence-corrected chi connectivity index (χ2v) is 5.58. The lowest BCUT2D eigenvalue weighted by atomic mass is 10.1. The Bertz CT molecular complexity index is 1070. The molecule has 9 heteroatoms. The molecule has 1 aromatic heterocycles. The van der Waals surface area contributed by atoms with Crippen LogP contribution in [0, 0.1) is 5.82 Å². The molecule has 8 nitrogen and oxygen atoms in total. The first-order chi connectivity index (χ1) is 13.0. The van der Waals surface area contributed by atoms with Crippen LogP contribution in [0.1, 0.15) is 17.4 Å². The van der Waals surface area contributed by atoms with Crippen molar-refractivity contribution in [1.82, 2.24) is 21.0 Å². The lowest BCUT2D eigenvalue weighted by Crippen LogP contribution is -2.47. The summed E-state index contributed by atoms with van der Waals surface area (Å²) in [6, 6.07) is 12.1. The van der Waals surface area contributed by atoms with E-state index < -0.39 is 29.3 Å². The van der Waals surface area contributed by atoms with Gasteiger partial charge in [0, 0.05) is 5.39 Å². The molecule has 3 aromatic rings. The molecule has 0 unspecified atom stereocenters. The Labute approximate surface area is 152 Å². The van der Waals surface area contributed by atoms with Crippen LogP contribution in [0.4, 0.5) is 4.39 Å². The highest BCUT2D eigenvalue weighted by Gasteiger charge is 2.19. The first kappa shape index (κ1) is 18.1. The molecule has 0 saturated carbocycles. The molecular weight excluding hydrogens is 355 g/mol.